The molecule has 0 saturated heterocycles. The molecule has 1 heteroatoms. The molecule has 4 aliphatic carbocycles. The summed E-state index contributed by atoms with van der Waals surface area (Å²) in [5, 5.41) is 10.5. The molecule has 0 heterocycles. The van der Waals surface area contributed by atoms with Crippen molar-refractivity contribution in [3.05, 3.63) is 22.8 Å². The lowest BCUT2D eigenvalue weighted by molar-refractivity contribution is -0.0336. The van der Waals surface area contributed by atoms with Gasteiger partial charge in [-0.05, 0) is 118 Å². The van der Waals surface area contributed by atoms with Crippen LogP contribution in [-0.2, 0) is 0 Å². The largest absolute Gasteiger partial charge is 0.393 e. The van der Waals surface area contributed by atoms with Crippen LogP contribution in [0.25, 0.3) is 0 Å². The number of hydrogen-bond acceptors (Lipinski definition) is 1. The molecule has 2 fully saturated rings. The average molecular weight is 399 g/mol. The third kappa shape index (κ3) is 3.48. The van der Waals surface area contributed by atoms with Crippen LogP contribution in [0.5, 0.6) is 0 Å². The quantitative estimate of drug-likeness (QED) is 0.481. The van der Waals surface area contributed by atoms with Crippen molar-refractivity contribution in [1.82, 2.24) is 0 Å². The highest BCUT2D eigenvalue weighted by Gasteiger charge is 2.56. The molecule has 8 atom stereocenters. The summed E-state index contributed by atoms with van der Waals surface area (Å²) < 4.78 is 0. The highest BCUT2D eigenvalue weighted by atomic mass is 16.3. The van der Waals surface area contributed by atoms with Crippen LogP contribution in [0, 0.1) is 40.4 Å². The second-order valence-electron chi connectivity index (χ2n) is 12.1. The second kappa shape index (κ2) is 7.85. The lowest BCUT2D eigenvalue weighted by Gasteiger charge is -2.56. The van der Waals surface area contributed by atoms with Crippen LogP contribution in [-0.4, -0.2) is 11.2 Å². The molecule has 29 heavy (non-hydrogen) atoms. The third-order valence-electron chi connectivity index (χ3n) is 10.4. The summed E-state index contributed by atoms with van der Waals surface area (Å²) in [6.07, 6.45) is 15.5. The van der Waals surface area contributed by atoms with Gasteiger partial charge in [-0.15, -0.1) is 0 Å². The fraction of sp³-hybridized carbons (Fsp3) is 0.857. The highest BCUT2D eigenvalue weighted by Crippen LogP contribution is 2.66. The fourth-order valence-electron chi connectivity index (χ4n) is 8.72. The van der Waals surface area contributed by atoms with E-state index in [1.807, 2.05) is 11.1 Å². The molecule has 1 nitrogen and oxygen atoms in total. The molecule has 0 amide bonds. The Morgan fingerprint density at radius 3 is 2.59 bits per heavy atom. The number of hydrogen-bond donors (Lipinski definition) is 1. The Morgan fingerprint density at radius 2 is 1.86 bits per heavy atom. The van der Waals surface area contributed by atoms with E-state index < -0.39 is 0 Å². The topological polar surface area (TPSA) is 20.2 Å². The molecule has 4 aliphatic rings. The zero-order valence-corrected chi connectivity index (χ0v) is 20.1. The van der Waals surface area contributed by atoms with Gasteiger partial charge in [-0.3, -0.25) is 0 Å². The lowest BCUT2D eigenvalue weighted by atomic mass is 9.49. The maximum absolute atomic E-state index is 10.5. The van der Waals surface area contributed by atoms with E-state index in [2.05, 4.69) is 47.6 Å². The van der Waals surface area contributed by atoms with Crippen LogP contribution in [0.1, 0.15) is 106 Å². The molecule has 2 saturated carbocycles. The Kier molecular flexibility index (Phi) is 5.86. The Balaban J connectivity index is 1.57. The second-order valence-corrected chi connectivity index (χ2v) is 12.1. The Hall–Kier alpha value is -0.560. The lowest BCUT2D eigenvalue weighted by Crippen LogP contribution is -2.49. The maximum atomic E-state index is 10.5. The van der Waals surface area contributed by atoms with Crippen molar-refractivity contribution in [2.24, 2.45) is 40.4 Å². The van der Waals surface area contributed by atoms with E-state index in [4.69, 9.17) is 0 Å². The molecule has 0 spiro atoms. The summed E-state index contributed by atoms with van der Waals surface area (Å²) in [5.74, 6) is 3.78. The van der Waals surface area contributed by atoms with Crippen molar-refractivity contribution in [3.8, 4) is 0 Å². The molecule has 0 radical (unpaired) electrons. The van der Waals surface area contributed by atoms with E-state index in [9.17, 15) is 5.11 Å². The standard InChI is InChI=1S/C28H46O/c1-18(2)8-7-9-19(3)22-12-13-24-21-10-11-23-20(4)26(29)15-17-28(23,6)25(21)14-16-27(22,24)5/h8,19-20,22-24,26,29H,7,9-17H2,1-6H3/t19-,20-,22-,23?,24+,26+,27-,28+/m1/s1. The molecular weight excluding hydrogens is 352 g/mol. The summed E-state index contributed by atoms with van der Waals surface area (Å²) in [5.41, 5.74) is 6.15. The van der Waals surface area contributed by atoms with Gasteiger partial charge in [0.2, 0.25) is 0 Å². The van der Waals surface area contributed by atoms with Crippen molar-refractivity contribution < 1.29 is 5.11 Å². The number of fused-ring (bicyclic) bond motifs is 4. The van der Waals surface area contributed by atoms with Gasteiger partial charge in [0, 0.05) is 0 Å². The summed E-state index contributed by atoms with van der Waals surface area (Å²) in [7, 11) is 0. The van der Waals surface area contributed by atoms with Crippen LogP contribution in [0.4, 0.5) is 0 Å². The van der Waals surface area contributed by atoms with Gasteiger partial charge < -0.3 is 5.11 Å². The zero-order chi connectivity index (χ0) is 21.0. The van der Waals surface area contributed by atoms with Crippen LogP contribution >= 0.6 is 0 Å². The molecular formula is C28H46O. The van der Waals surface area contributed by atoms with Crippen molar-refractivity contribution in [2.45, 2.75) is 112 Å². The van der Waals surface area contributed by atoms with Crippen LogP contribution in [0.15, 0.2) is 22.8 Å². The summed E-state index contributed by atoms with van der Waals surface area (Å²) in [6, 6.07) is 0. The Labute approximate surface area is 180 Å². The van der Waals surface area contributed by atoms with Gasteiger partial charge in [0.05, 0.1) is 6.10 Å². The number of aliphatic hydroxyl groups excluding tert-OH is 1. The van der Waals surface area contributed by atoms with E-state index in [0.717, 1.165) is 24.2 Å². The Morgan fingerprint density at radius 1 is 1.10 bits per heavy atom. The minimum Gasteiger partial charge on any atom is -0.393 e. The van der Waals surface area contributed by atoms with Gasteiger partial charge in [0.15, 0.2) is 0 Å². The van der Waals surface area contributed by atoms with Gasteiger partial charge in [-0.25, -0.2) is 0 Å². The molecule has 4 rings (SSSR count). The Bertz CT molecular complexity index is 682. The van der Waals surface area contributed by atoms with E-state index in [1.54, 1.807) is 0 Å². The predicted molar refractivity (Wildman–Crippen MR) is 124 cm³/mol. The normalized spacial score (nSPS) is 45.3. The van der Waals surface area contributed by atoms with E-state index in [0.29, 0.717) is 22.7 Å². The number of rotatable bonds is 4. The van der Waals surface area contributed by atoms with E-state index in [-0.39, 0.29) is 6.10 Å². The first-order valence-corrected chi connectivity index (χ1v) is 12.7. The fourth-order valence-corrected chi connectivity index (χ4v) is 8.72. The van der Waals surface area contributed by atoms with E-state index >= 15 is 0 Å². The maximum Gasteiger partial charge on any atom is 0.0569 e. The zero-order valence-electron chi connectivity index (χ0n) is 20.1. The molecule has 164 valence electrons. The number of aliphatic hydroxyl groups is 1. The van der Waals surface area contributed by atoms with Gasteiger partial charge in [0.1, 0.15) is 0 Å². The monoisotopic (exact) mass is 398 g/mol. The predicted octanol–water partition coefficient (Wildman–Crippen LogP) is 7.70. The third-order valence-corrected chi connectivity index (χ3v) is 10.4. The van der Waals surface area contributed by atoms with Crippen molar-refractivity contribution in [3.63, 3.8) is 0 Å². The molecule has 0 aromatic carbocycles. The van der Waals surface area contributed by atoms with Crippen LogP contribution in [0.3, 0.4) is 0 Å². The van der Waals surface area contributed by atoms with Crippen LogP contribution in [0.2, 0.25) is 0 Å². The first-order valence-electron chi connectivity index (χ1n) is 12.7. The number of allylic oxidation sites excluding steroid dienone is 4. The van der Waals surface area contributed by atoms with Gasteiger partial charge >= 0.3 is 0 Å². The van der Waals surface area contributed by atoms with Crippen molar-refractivity contribution in [2.75, 3.05) is 0 Å². The molecule has 0 aromatic rings. The molecule has 1 N–H and O–H groups in total. The summed E-state index contributed by atoms with van der Waals surface area (Å²) in [4.78, 5) is 0. The van der Waals surface area contributed by atoms with Gasteiger partial charge in [0.25, 0.3) is 0 Å². The minimum atomic E-state index is -0.0680. The van der Waals surface area contributed by atoms with Crippen molar-refractivity contribution in [1.29, 1.82) is 0 Å². The van der Waals surface area contributed by atoms with Gasteiger partial charge in [-0.2, -0.15) is 0 Å². The SMILES string of the molecule is CC(C)=CCC[C@@H](C)[C@H]1CC[C@H]2C3=C(CC[C@]12C)[C@@]1(C)CC[C@H](O)[C@H](C)C1CC3. The average Bonchev–Trinajstić information content (AvgIpc) is 3.02. The molecule has 0 bridgehead atoms. The molecule has 0 aromatic heterocycles. The first kappa shape index (κ1) is 21.7. The van der Waals surface area contributed by atoms with E-state index in [1.165, 1.54) is 63.4 Å². The van der Waals surface area contributed by atoms with Crippen LogP contribution < -0.4 is 0 Å². The summed E-state index contributed by atoms with van der Waals surface area (Å²) in [6.45, 7) is 14.6. The highest BCUT2D eigenvalue weighted by molar-refractivity contribution is 5.34. The molecule has 0 aliphatic heterocycles. The minimum absolute atomic E-state index is 0.0680. The first-order chi connectivity index (χ1) is 13.7. The van der Waals surface area contributed by atoms with Gasteiger partial charge in [-0.1, -0.05) is 50.5 Å². The smallest absolute Gasteiger partial charge is 0.0569 e. The van der Waals surface area contributed by atoms with Crippen molar-refractivity contribution >= 4 is 0 Å². The molecule has 1 unspecified atom stereocenters. The summed E-state index contributed by atoms with van der Waals surface area (Å²) >= 11 is 0.